The molecule has 1 aromatic heterocycles. The summed E-state index contributed by atoms with van der Waals surface area (Å²) < 4.78 is 21.0. The van der Waals surface area contributed by atoms with Crippen LogP contribution < -0.4 is 10.1 Å². The van der Waals surface area contributed by atoms with E-state index in [0.29, 0.717) is 33.3 Å². The van der Waals surface area contributed by atoms with Crippen LogP contribution in [0.3, 0.4) is 0 Å². The summed E-state index contributed by atoms with van der Waals surface area (Å²) in [6.07, 6.45) is 9.20. The number of carbonyl (C=O) groups is 1. The van der Waals surface area contributed by atoms with Gasteiger partial charge in [-0.3, -0.25) is 4.79 Å². The third-order valence-electron chi connectivity index (χ3n) is 7.61. The van der Waals surface area contributed by atoms with Gasteiger partial charge in [0, 0.05) is 39.8 Å². The molecule has 1 fully saturated rings. The summed E-state index contributed by atoms with van der Waals surface area (Å²) in [6, 6.07) is 19.1. The van der Waals surface area contributed by atoms with E-state index in [2.05, 4.69) is 17.3 Å². The van der Waals surface area contributed by atoms with Crippen LogP contribution in [0.4, 0.5) is 4.39 Å². The van der Waals surface area contributed by atoms with Gasteiger partial charge in [0.1, 0.15) is 16.4 Å². The van der Waals surface area contributed by atoms with Crippen LogP contribution in [0.25, 0.3) is 21.2 Å². The number of carbonyl (C=O) groups excluding carboxylic acids is 1. The van der Waals surface area contributed by atoms with E-state index < -0.39 is 5.82 Å². The fourth-order valence-corrected chi connectivity index (χ4v) is 6.91. The molecule has 0 spiro atoms. The zero-order valence-corrected chi connectivity index (χ0v) is 23.5. The second-order valence-electron chi connectivity index (χ2n) is 9.83. The molecule has 1 saturated carbocycles. The average molecular weight is 561 g/mol. The number of benzene rings is 3. The van der Waals surface area contributed by atoms with Gasteiger partial charge in [0.05, 0.1) is 12.1 Å². The molecule has 5 rings (SSSR count). The molecule has 1 aliphatic rings. The Kier molecular flexibility index (Phi) is 8.23. The van der Waals surface area contributed by atoms with Crippen LogP contribution in [0.1, 0.15) is 46.5 Å². The van der Waals surface area contributed by atoms with E-state index in [0.717, 1.165) is 47.9 Å². The molecule has 1 aliphatic carbocycles. The van der Waals surface area contributed by atoms with E-state index in [4.69, 9.17) is 22.8 Å². The molecular weight excluding hydrogens is 531 g/mol. The van der Waals surface area contributed by atoms with Gasteiger partial charge in [-0.1, -0.05) is 41.8 Å². The van der Waals surface area contributed by atoms with Crippen molar-refractivity contribution >= 4 is 38.9 Å². The number of ether oxygens (including phenoxy) is 1. The van der Waals surface area contributed by atoms with Gasteiger partial charge in [0.25, 0.3) is 5.91 Å². The molecule has 39 heavy (non-hydrogen) atoms. The normalized spacial score (nSPS) is 17.1. The SMILES string of the molecule is C#Cc1ccc(-c2ccc(OC)c(CN(C(=O)c3sc4cccc(F)c4c3Cl)[C@H]3CC[C@@H](NC)CC3)c2)cc1. The first-order valence-electron chi connectivity index (χ1n) is 13.0. The fraction of sp³-hybridized carbons (Fsp3) is 0.281. The van der Waals surface area contributed by atoms with E-state index in [1.807, 2.05) is 48.3 Å². The molecule has 0 saturated heterocycles. The highest BCUT2D eigenvalue weighted by atomic mass is 35.5. The van der Waals surface area contributed by atoms with Gasteiger partial charge in [-0.2, -0.15) is 0 Å². The molecule has 1 heterocycles. The molecule has 4 nitrogen and oxygen atoms in total. The van der Waals surface area contributed by atoms with E-state index >= 15 is 0 Å². The second kappa shape index (κ2) is 11.8. The molecular formula is C32H30ClFN2O2S. The number of thiophene rings is 1. The number of hydrogen-bond acceptors (Lipinski definition) is 4. The molecule has 3 aromatic carbocycles. The van der Waals surface area contributed by atoms with Crippen LogP contribution in [-0.2, 0) is 6.54 Å². The molecule has 0 bridgehead atoms. The van der Waals surface area contributed by atoms with Crippen LogP contribution in [0, 0.1) is 18.2 Å². The molecule has 4 aromatic rings. The molecule has 200 valence electrons. The summed E-state index contributed by atoms with van der Waals surface area (Å²) in [4.78, 5) is 16.5. The maximum Gasteiger partial charge on any atom is 0.266 e. The van der Waals surface area contributed by atoms with Crippen molar-refractivity contribution in [2.24, 2.45) is 0 Å². The van der Waals surface area contributed by atoms with Crippen molar-refractivity contribution in [3.05, 3.63) is 87.5 Å². The number of rotatable bonds is 7. The molecule has 0 radical (unpaired) electrons. The lowest BCUT2D eigenvalue weighted by Crippen LogP contribution is -2.44. The lowest BCUT2D eigenvalue weighted by molar-refractivity contribution is 0.0604. The molecule has 0 aliphatic heterocycles. The van der Waals surface area contributed by atoms with E-state index in [9.17, 15) is 9.18 Å². The first kappa shape index (κ1) is 27.2. The minimum atomic E-state index is -0.417. The zero-order valence-electron chi connectivity index (χ0n) is 22.0. The van der Waals surface area contributed by atoms with Crippen molar-refractivity contribution in [3.8, 4) is 29.2 Å². The number of halogens is 2. The van der Waals surface area contributed by atoms with E-state index in [1.54, 1.807) is 19.2 Å². The summed E-state index contributed by atoms with van der Waals surface area (Å²) in [7, 11) is 3.61. The summed E-state index contributed by atoms with van der Waals surface area (Å²) in [5.74, 6) is 2.75. The predicted molar refractivity (Wildman–Crippen MR) is 158 cm³/mol. The Hall–Kier alpha value is -3.37. The van der Waals surface area contributed by atoms with Gasteiger partial charge in [0.15, 0.2) is 0 Å². The molecule has 7 heteroatoms. The van der Waals surface area contributed by atoms with E-state index in [-0.39, 0.29) is 17.0 Å². The van der Waals surface area contributed by atoms with Crippen molar-refractivity contribution in [1.29, 1.82) is 0 Å². The Labute approximate surface area is 237 Å². The molecule has 1 N–H and O–H groups in total. The average Bonchev–Trinajstić information content (AvgIpc) is 3.32. The monoisotopic (exact) mass is 560 g/mol. The fourth-order valence-electron chi connectivity index (χ4n) is 5.41. The maximum atomic E-state index is 14.6. The van der Waals surface area contributed by atoms with Crippen molar-refractivity contribution in [2.75, 3.05) is 14.2 Å². The van der Waals surface area contributed by atoms with Crippen molar-refractivity contribution in [2.45, 2.75) is 44.3 Å². The number of amides is 1. The Bertz CT molecular complexity index is 1530. The van der Waals surface area contributed by atoms with Crippen molar-refractivity contribution in [1.82, 2.24) is 10.2 Å². The first-order valence-corrected chi connectivity index (χ1v) is 14.2. The predicted octanol–water partition coefficient (Wildman–Crippen LogP) is 7.52. The van der Waals surface area contributed by atoms with Gasteiger partial charge in [-0.25, -0.2) is 4.39 Å². The third kappa shape index (κ3) is 5.53. The van der Waals surface area contributed by atoms with Crippen LogP contribution in [0.15, 0.2) is 60.7 Å². The lowest BCUT2D eigenvalue weighted by Gasteiger charge is -2.37. The Morgan fingerprint density at radius 1 is 1.13 bits per heavy atom. The first-order chi connectivity index (χ1) is 18.9. The quantitative estimate of drug-likeness (QED) is 0.238. The summed E-state index contributed by atoms with van der Waals surface area (Å²) in [6.45, 7) is 0.347. The number of nitrogens with one attached hydrogen (secondary N) is 1. The largest absolute Gasteiger partial charge is 0.496 e. The highest BCUT2D eigenvalue weighted by Crippen LogP contribution is 2.39. The highest BCUT2D eigenvalue weighted by molar-refractivity contribution is 7.21. The van der Waals surface area contributed by atoms with Gasteiger partial charge in [-0.05, 0) is 80.3 Å². The molecule has 1 amide bonds. The number of methoxy groups -OCH3 is 1. The summed E-state index contributed by atoms with van der Waals surface area (Å²) >= 11 is 7.90. The maximum absolute atomic E-state index is 14.6. The molecule has 0 unspecified atom stereocenters. The third-order valence-corrected chi connectivity index (χ3v) is 9.25. The number of terminal acetylenes is 1. The van der Waals surface area contributed by atoms with Crippen LogP contribution in [-0.4, -0.2) is 37.0 Å². The van der Waals surface area contributed by atoms with Crippen LogP contribution in [0.2, 0.25) is 5.02 Å². The van der Waals surface area contributed by atoms with Crippen LogP contribution in [0.5, 0.6) is 5.75 Å². The van der Waals surface area contributed by atoms with Gasteiger partial charge < -0.3 is 15.0 Å². The topological polar surface area (TPSA) is 41.6 Å². The lowest BCUT2D eigenvalue weighted by atomic mass is 9.89. The Morgan fingerprint density at radius 3 is 2.49 bits per heavy atom. The van der Waals surface area contributed by atoms with Crippen LogP contribution >= 0.6 is 22.9 Å². The standard InChI is InChI=1S/C32H30ClFN2O2S/c1-4-20-8-10-21(11-9-20)22-12-17-27(38-3)23(18-22)19-36(25-15-13-24(35-2)14-16-25)32(37)31-30(33)29-26(34)6-5-7-28(29)39-31/h1,5-12,17-18,24-25,35H,13-16,19H2,2-3H3/t24-,25+. The zero-order chi connectivity index (χ0) is 27.5. The van der Waals surface area contributed by atoms with Gasteiger partial charge >= 0.3 is 0 Å². The van der Waals surface area contributed by atoms with Gasteiger partial charge in [-0.15, -0.1) is 17.8 Å². The number of hydrogen-bond donors (Lipinski definition) is 1. The minimum absolute atomic E-state index is 0.0245. The smallest absolute Gasteiger partial charge is 0.266 e. The van der Waals surface area contributed by atoms with Gasteiger partial charge in [0.2, 0.25) is 0 Å². The van der Waals surface area contributed by atoms with Crippen molar-refractivity contribution < 1.29 is 13.9 Å². The molecule has 0 atom stereocenters. The number of nitrogens with zero attached hydrogens (tertiary/aromatic N) is 1. The summed E-state index contributed by atoms with van der Waals surface area (Å²) in [5, 5.41) is 3.85. The minimum Gasteiger partial charge on any atom is -0.496 e. The van der Waals surface area contributed by atoms with Crippen molar-refractivity contribution in [3.63, 3.8) is 0 Å². The Balaban J connectivity index is 1.53. The highest BCUT2D eigenvalue weighted by Gasteiger charge is 2.32. The second-order valence-corrected chi connectivity index (χ2v) is 11.3. The van der Waals surface area contributed by atoms with E-state index in [1.165, 1.54) is 17.4 Å². The summed E-state index contributed by atoms with van der Waals surface area (Å²) in [5.41, 5.74) is 3.73. The number of fused-ring (bicyclic) bond motifs is 1. The Morgan fingerprint density at radius 2 is 1.85 bits per heavy atom.